The third-order valence-corrected chi connectivity index (χ3v) is 2.54. The van der Waals surface area contributed by atoms with Crippen LogP contribution >= 0.6 is 11.6 Å². The highest BCUT2D eigenvalue weighted by molar-refractivity contribution is 6.32. The SMILES string of the molecule is O=C(CCOc1ccccc1Cl)NC(CO)CO. The van der Waals surface area contributed by atoms with Gasteiger partial charge in [0.05, 0.1) is 37.3 Å². The van der Waals surface area contributed by atoms with Gasteiger partial charge in [-0.25, -0.2) is 0 Å². The van der Waals surface area contributed by atoms with Crippen LogP contribution < -0.4 is 10.1 Å². The lowest BCUT2D eigenvalue weighted by Crippen LogP contribution is -2.40. The third-order valence-electron chi connectivity index (χ3n) is 2.23. The van der Waals surface area contributed by atoms with Crippen molar-refractivity contribution in [2.75, 3.05) is 19.8 Å². The maximum absolute atomic E-state index is 11.4. The number of aliphatic hydroxyl groups excluding tert-OH is 2. The van der Waals surface area contributed by atoms with Gasteiger partial charge in [-0.1, -0.05) is 23.7 Å². The van der Waals surface area contributed by atoms with Crippen molar-refractivity contribution in [1.82, 2.24) is 5.32 Å². The number of para-hydroxylation sites is 1. The molecule has 0 aliphatic rings. The summed E-state index contributed by atoms with van der Waals surface area (Å²) in [5, 5.41) is 20.5. The summed E-state index contributed by atoms with van der Waals surface area (Å²) in [7, 11) is 0. The Labute approximate surface area is 110 Å². The summed E-state index contributed by atoms with van der Waals surface area (Å²) in [4.78, 5) is 11.4. The van der Waals surface area contributed by atoms with Gasteiger partial charge in [0.1, 0.15) is 5.75 Å². The number of amides is 1. The summed E-state index contributed by atoms with van der Waals surface area (Å²) < 4.78 is 5.34. The molecule has 0 saturated carbocycles. The molecule has 1 rings (SSSR count). The minimum absolute atomic E-state index is 0.127. The summed E-state index contributed by atoms with van der Waals surface area (Å²) in [6.45, 7) is -0.416. The number of rotatable bonds is 7. The quantitative estimate of drug-likeness (QED) is 0.679. The average Bonchev–Trinajstić information content (AvgIpc) is 2.38. The van der Waals surface area contributed by atoms with Crippen LogP contribution in [0.5, 0.6) is 5.75 Å². The highest BCUT2D eigenvalue weighted by Crippen LogP contribution is 2.22. The molecule has 6 heteroatoms. The van der Waals surface area contributed by atoms with E-state index < -0.39 is 6.04 Å². The molecule has 0 aliphatic heterocycles. The summed E-state index contributed by atoms with van der Waals surface area (Å²) in [6.07, 6.45) is 0.127. The fourth-order valence-corrected chi connectivity index (χ4v) is 1.45. The molecule has 3 N–H and O–H groups in total. The van der Waals surface area contributed by atoms with E-state index in [1.165, 1.54) is 0 Å². The van der Waals surface area contributed by atoms with E-state index in [1.54, 1.807) is 24.3 Å². The van der Waals surface area contributed by atoms with Crippen molar-refractivity contribution >= 4 is 17.5 Å². The molecule has 0 spiro atoms. The topological polar surface area (TPSA) is 78.8 Å². The Morgan fingerprint density at radius 2 is 2.00 bits per heavy atom. The molecule has 5 nitrogen and oxygen atoms in total. The van der Waals surface area contributed by atoms with Gasteiger partial charge in [0.25, 0.3) is 0 Å². The molecule has 0 aliphatic carbocycles. The Morgan fingerprint density at radius 3 is 2.61 bits per heavy atom. The van der Waals surface area contributed by atoms with Crippen LogP contribution in [0.25, 0.3) is 0 Å². The zero-order valence-corrected chi connectivity index (χ0v) is 10.6. The van der Waals surface area contributed by atoms with Crippen LogP contribution in [-0.4, -0.2) is 42.0 Å². The second-order valence-corrected chi connectivity index (χ2v) is 4.07. The minimum Gasteiger partial charge on any atom is -0.491 e. The van der Waals surface area contributed by atoms with Crippen molar-refractivity contribution < 1.29 is 19.7 Å². The van der Waals surface area contributed by atoms with Crippen molar-refractivity contribution in [3.63, 3.8) is 0 Å². The third kappa shape index (κ3) is 4.91. The number of hydrogen-bond donors (Lipinski definition) is 3. The lowest BCUT2D eigenvalue weighted by atomic mass is 10.3. The van der Waals surface area contributed by atoms with E-state index in [0.717, 1.165) is 0 Å². The molecular formula is C12H16ClNO4. The molecule has 0 aromatic heterocycles. The molecule has 100 valence electrons. The number of hydrogen-bond acceptors (Lipinski definition) is 4. The van der Waals surface area contributed by atoms with Crippen molar-refractivity contribution in [2.45, 2.75) is 12.5 Å². The summed E-state index contributed by atoms with van der Waals surface area (Å²) in [6, 6.07) is 6.36. The molecule has 1 aromatic carbocycles. The number of halogens is 1. The first-order valence-electron chi connectivity index (χ1n) is 5.55. The number of ether oxygens (including phenoxy) is 1. The van der Waals surface area contributed by atoms with E-state index in [1.807, 2.05) is 0 Å². The van der Waals surface area contributed by atoms with E-state index in [-0.39, 0.29) is 32.1 Å². The molecule has 0 saturated heterocycles. The number of benzene rings is 1. The molecule has 18 heavy (non-hydrogen) atoms. The minimum atomic E-state index is -0.627. The predicted octanol–water partition coefficient (Wildman–Crippen LogP) is 0.578. The zero-order chi connectivity index (χ0) is 13.4. The number of carbonyl (C=O) groups excluding carboxylic acids is 1. The molecule has 1 amide bonds. The summed E-state index contributed by atoms with van der Waals surface area (Å²) in [5.74, 6) is 0.225. The van der Waals surface area contributed by atoms with Crippen LogP contribution in [0.1, 0.15) is 6.42 Å². The molecule has 0 unspecified atom stereocenters. The lowest BCUT2D eigenvalue weighted by molar-refractivity contribution is -0.122. The van der Waals surface area contributed by atoms with Crippen LogP contribution in [-0.2, 0) is 4.79 Å². The van der Waals surface area contributed by atoms with Crippen LogP contribution in [0, 0.1) is 0 Å². The maximum atomic E-state index is 11.4. The van der Waals surface area contributed by atoms with Crippen LogP contribution in [0.4, 0.5) is 0 Å². The second kappa shape index (κ2) is 7.92. The van der Waals surface area contributed by atoms with Crippen LogP contribution in [0.2, 0.25) is 5.02 Å². The normalized spacial score (nSPS) is 10.4. The first-order valence-corrected chi connectivity index (χ1v) is 5.93. The van der Waals surface area contributed by atoms with Crippen LogP contribution in [0.3, 0.4) is 0 Å². The van der Waals surface area contributed by atoms with E-state index in [9.17, 15) is 4.79 Å². The monoisotopic (exact) mass is 273 g/mol. The van der Waals surface area contributed by atoms with Gasteiger partial charge in [0.15, 0.2) is 0 Å². The average molecular weight is 274 g/mol. The van der Waals surface area contributed by atoms with E-state index in [4.69, 9.17) is 26.6 Å². The van der Waals surface area contributed by atoms with E-state index >= 15 is 0 Å². The van der Waals surface area contributed by atoms with Gasteiger partial charge in [0.2, 0.25) is 5.91 Å². The zero-order valence-electron chi connectivity index (χ0n) is 9.80. The Hall–Kier alpha value is -1.30. The van der Waals surface area contributed by atoms with Gasteiger partial charge in [-0.15, -0.1) is 0 Å². The van der Waals surface area contributed by atoms with Crippen molar-refractivity contribution in [3.05, 3.63) is 29.3 Å². The highest BCUT2D eigenvalue weighted by atomic mass is 35.5. The van der Waals surface area contributed by atoms with E-state index in [0.29, 0.717) is 10.8 Å². The van der Waals surface area contributed by atoms with Gasteiger partial charge < -0.3 is 20.3 Å². The Morgan fingerprint density at radius 1 is 1.33 bits per heavy atom. The van der Waals surface area contributed by atoms with Crippen molar-refractivity contribution in [3.8, 4) is 5.75 Å². The summed E-state index contributed by atoms with van der Waals surface area (Å²) >= 11 is 5.88. The molecule has 0 radical (unpaired) electrons. The lowest BCUT2D eigenvalue weighted by Gasteiger charge is -2.13. The van der Waals surface area contributed by atoms with E-state index in [2.05, 4.69) is 5.32 Å². The van der Waals surface area contributed by atoms with Crippen molar-refractivity contribution in [1.29, 1.82) is 0 Å². The van der Waals surface area contributed by atoms with Crippen LogP contribution in [0.15, 0.2) is 24.3 Å². The number of carbonyl (C=O) groups is 1. The highest BCUT2D eigenvalue weighted by Gasteiger charge is 2.10. The standard InChI is InChI=1S/C12H16ClNO4/c13-10-3-1-2-4-11(10)18-6-5-12(17)14-9(7-15)8-16/h1-4,9,15-16H,5-8H2,(H,14,17). The Balaban J connectivity index is 2.29. The molecule has 0 fully saturated rings. The molecule has 1 aromatic rings. The maximum Gasteiger partial charge on any atom is 0.223 e. The van der Waals surface area contributed by atoms with Gasteiger partial charge in [-0.3, -0.25) is 4.79 Å². The molecule has 0 heterocycles. The predicted molar refractivity (Wildman–Crippen MR) is 67.7 cm³/mol. The van der Waals surface area contributed by atoms with Crippen molar-refractivity contribution in [2.24, 2.45) is 0 Å². The molecule has 0 atom stereocenters. The smallest absolute Gasteiger partial charge is 0.223 e. The fourth-order valence-electron chi connectivity index (χ4n) is 1.26. The van der Waals surface area contributed by atoms with Gasteiger partial charge >= 0.3 is 0 Å². The molecular weight excluding hydrogens is 258 g/mol. The number of nitrogens with one attached hydrogen (secondary N) is 1. The second-order valence-electron chi connectivity index (χ2n) is 3.66. The largest absolute Gasteiger partial charge is 0.491 e. The number of aliphatic hydroxyl groups is 2. The van der Waals surface area contributed by atoms with Gasteiger partial charge in [0, 0.05) is 0 Å². The molecule has 0 bridgehead atoms. The first kappa shape index (κ1) is 14.8. The Kier molecular flexibility index (Phi) is 6.49. The van der Waals surface area contributed by atoms with Gasteiger partial charge in [-0.05, 0) is 12.1 Å². The first-order chi connectivity index (χ1) is 8.67. The van der Waals surface area contributed by atoms with Gasteiger partial charge in [-0.2, -0.15) is 0 Å². The fraction of sp³-hybridized carbons (Fsp3) is 0.417. The Bertz CT molecular complexity index is 382. The summed E-state index contributed by atoms with van der Waals surface area (Å²) in [5.41, 5.74) is 0.